The van der Waals surface area contributed by atoms with Crippen LogP contribution in [0, 0.1) is 0 Å². The number of carbonyl (C=O) groups excluding carboxylic acids is 1. The number of primary amides is 1. The van der Waals surface area contributed by atoms with Crippen LogP contribution in [0.15, 0.2) is 12.7 Å². The molecule has 0 saturated heterocycles. The molecule has 1 atom stereocenters. The third-order valence-corrected chi connectivity index (χ3v) is 2.24. The Morgan fingerprint density at radius 2 is 2.11 bits per heavy atom. The van der Waals surface area contributed by atoms with Gasteiger partial charge in [0.2, 0.25) is 17.8 Å². The van der Waals surface area contributed by atoms with Crippen LogP contribution < -0.4 is 16.4 Å². The molecule has 1 amide bonds. The lowest BCUT2D eigenvalue weighted by Gasteiger charge is -2.11. The van der Waals surface area contributed by atoms with Crippen molar-refractivity contribution in [3.63, 3.8) is 0 Å². The molecular weight excluding hydrogens is 250 g/mol. The molecule has 0 aliphatic carbocycles. The van der Waals surface area contributed by atoms with Crippen LogP contribution in [0.5, 0.6) is 0 Å². The maximum atomic E-state index is 11.0. The van der Waals surface area contributed by atoms with Crippen LogP contribution in [0.2, 0.25) is 0 Å². The standard InChI is InChI=1S/C9H13N9O/c1-5(6(10)19)14-8-15-7(11-2)16-9(17-8)18-4-12-3-13-18/h3-5H,1-2H3,(H2,10,19)(H2,11,14,15,16,17). The SMILES string of the molecule is CNc1nc(NC(C)C(N)=O)nc(-n2cncn2)n1. The Morgan fingerprint density at radius 1 is 1.37 bits per heavy atom. The summed E-state index contributed by atoms with van der Waals surface area (Å²) in [6.07, 6.45) is 2.82. The summed E-state index contributed by atoms with van der Waals surface area (Å²) in [4.78, 5) is 27.1. The number of nitrogens with zero attached hydrogens (tertiary/aromatic N) is 6. The van der Waals surface area contributed by atoms with Crippen LogP contribution in [0.1, 0.15) is 6.92 Å². The maximum absolute atomic E-state index is 11.0. The van der Waals surface area contributed by atoms with Crippen molar-refractivity contribution in [2.45, 2.75) is 13.0 Å². The highest BCUT2D eigenvalue weighted by atomic mass is 16.1. The van der Waals surface area contributed by atoms with E-state index in [0.717, 1.165) is 0 Å². The number of hydrogen-bond acceptors (Lipinski definition) is 8. The highest BCUT2D eigenvalue weighted by Crippen LogP contribution is 2.08. The predicted molar refractivity (Wildman–Crippen MR) is 66.6 cm³/mol. The first-order valence-electron chi connectivity index (χ1n) is 5.45. The minimum Gasteiger partial charge on any atom is -0.368 e. The molecule has 0 aliphatic heterocycles. The molecule has 19 heavy (non-hydrogen) atoms. The fraction of sp³-hybridized carbons (Fsp3) is 0.333. The van der Waals surface area contributed by atoms with Crippen LogP contribution >= 0.6 is 0 Å². The molecule has 1 unspecified atom stereocenters. The first-order chi connectivity index (χ1) is 9.10. The van der Waals surface area contributed by atoms with Gasteiger partial charge in [-0.3, -0.25) is 4.79 Å². The summed E-state index contributed by atoms with van der Waals surface area (Å²) in [5, 5.41) is 9.50. The molecule has 0 aliphatic rings. The van der Waals surface area contributed by atoms with Gasteiger partial charge >= 0.3 is 0 Å². The zero-order valence-electron chi connectivity index (χ0n) is 10.4. The van der Waals surface area contributed by atoms with Gasteiger partial charge in [-0.2, -0.15) is 24.7 Å². The second-order valence-corrected chi connectivity index (χ2v) is 3.64. The molecule has 4 N–H and O–H groups in total. The van der Waals surface area contributed by atoms with Crippen molar-refractivity contribution >= 4 is 17.8 Å². The molecular formula is C9H13N9O. The second kappa shape index (κ2) is 5.25. The number of hydrogen-bond donors (Lipinski definition) is 3. The van der Waals surface area contributed by atoms with Gasteiger partial charge in [0.05, 0.1) is 0 Å². The summed E-state index contributed by atoms with van der Waals surface area (Å²) in [5.74, 6) is 0.320. The summed E-state index contributed by atoms with van der Waals surface area (Å²) in [7, 11) is 1.67. The topological polar surface area (TPSA) is 137 Å². The Balaban J connectivity index is 2.34. The summed E-state index contributed by atoms with van der Waals surface area (Å²) >= 11 is 0. The van der Waals surface area contributed by atoms with Crippen molar-refractivity contribution in [3.05, 3.63) is 12.7 Å². The molecule has 0 fully saturated rings. The van der Waals surface area contributed by atoms with E-state index in [-0.39, 0.29) is 11.9 Å². The number of aromatic nitrogens is 6. The molecule has 10 nitrogen and oxygen atoms in total. The maximum Gasteiger partial charge on any atom is 0.258 e. The fourth-order valence-electron chi connectivity index (χ4n) is 1.22. The van der Waals surface area contributed by atoms with Gasteiger partial charge in [0.1, 0.15) is 18.7 Å². The molecule has 0 bridgehead atoms. The molecule has 100 valence electrons. The molecule has 0 aromatic carbocycles. The Hall–Kier alpha value is -2.78. The second-order valence-electron chi connectivity index (χ2n) is 3.64. The normalized spacial score (nSPS) is 11.9. The van der Waals surface area contributed by atoms with Crippen molar-refractivity contribution in [2.24, 2.45) is 5.73 Å². The quantitative estimate of drug-likeness (QED) is 0.610. The van der Waals surface area contributed by atoms with E-state index < -0.39 is 11.9 Å². The lowest BCUT2D eigenvalue weighted by Crippen LogP contribution is -2.33. The molecule has 0 radical (unpaired) electrons. The van der Waals surface area contributed by atoms with Gasteiger partial charge < -0.3 is 16.4 Å². The molecule has 0 spiro atoms. The molecule has 2 aromatic rings. The van der Waals surface area contributed by atoms with Crippen molar-refractivity contribution in [3.8, 4) is 5.95 Å². The Bertz CT molecular complexity index is 567. The van der Waals surface area contributed by atoms with Gasteiger partial charge in [0, 0.05) is 7.05 Å². The van der Waals surface area contributed by atoms with Gasteiger partial charge in [-0.1, -0.05) is 0 Å². The molecule has 2 rings (SSSR count). The lowest BCUT2D eigenvalue weighted by atomic mass is 10.3. The van der Waals surface area contributed by atoms with Crippen LogP contribution in [-0.4, -0.2) is 48.7 Å². The average Bonchev–Trinajstić information content (AvgIpc) is 2.92. The van der Waals surface area contributed by atoms with E-state index in [9.17, 15) is 4.79 Å². The number of rotatable bonds is 5. The number of carbonyl (C=O) groups is 1. The Kier molecular flexibility index (Phi) is 3.50. The molecule has 2 heterocycles. The zero-order chi connectivity index (χ0) is 13.8. The van der Waals surface area contributed by atoms with Crippen molar-refractivity contribution in [1.82, 2.24) is 29.7 Å². The van der Waals surface area contributed by atoms with Crippen LogP contribution in [0.4, 0.5) is 11.9 Å². The zero-order valence-corrected chi connectivity index (χ0v) is 10.4. The highest BCUT2D eigenvalue weighted by molar-refractivity contribution is 5.81. The molecule has 2 aromatic heterocycles. The van der Waals surface area contributed by atoms with Gasteiger partial charge in [-0.15, -0.1) is 0 Å². The summed E-state index contributed by atoms with van der Waals surface area (Å²) < 4.78 is 1.38. The van der Waals surface area contributed by atoms with Crippen molar-refractivity contribution in [2.75, 3.05) is 17.7 Å². The van der Waals surface area contributed by atoms with Crippen molar-refractivity contribution in [1.29, 1.82) is 0 Å². The summed E-state index contributed by atoms with van der Waals surface area (Å²) in [5.41, 5.74) is 5.17. The number of nitrogens with one attached hydrogen (secondary N) is 2. The van der Waals surface area contributed by atoms with Gasteiger partial charge in [0.15, 0.2) is 0 Å². The van der Waals surface area contributed by atoms with E-state index in [1.807, 2.05) is 0 Å². The summed E-state index contributed by atoms with van der Waals surface area (Å²) in [6.45, 7) is 1.61. The van der Waals surface area contributed by atoms with Crippen molar-refractivity contribution < 1.29 is 4.79 Å². The van der Waals surface area contributed by atoms with E-state index >= 15 is 0 Å². The predicted octanol–water partition coefficient (Wildman–Crippen LogP) is -1.22. The van der Waals surface area contributed by atoms with E-state index in [1.54, 1.807) is 14.0 Å². The summed E-state index contributed by atoms with van der Waals surface area (Å²) in [6, 6.07) is -0.601. The number of nitrogens with two attached hydrogens (primary N) is 1. The monoisotopic (exact) mass is 263 g/mol. The largest absolute Gasteiger partial charge is 0.368 e. The molecule has 0 saturated carbocycles. The van der Waals surface area contributed by atoms with Gasteiger partial charge in [0.25, 0.3) is 5.95 Å². The van der Waals surface area contributed by atoms with E-state index in [0.29, 0.717) is 5.95 Å². The first-order valence-corrected chi connectivity index (χ1v) is 5.45. The Morgan fingerprint density at radius 3 is 2.68 bits per heavy atom. The number of amides is 1. The van der Waals surface area contributed by atoms with E-state index in [4.69, 9.17) is 5.73 Å². The van der Waals surface area contributed by atoms with Crippen LogP contribution in [-0.2, 0) is 4.79 Å². The van der Waals surface area contributed by atoms with Gasteiger partial charge in [-0.05, 0) is 6.92 Å². The number of anilines is 2. The minimum absolute atomic E-state index is 0.219. The lowest BCUT2D eigenvalue weighted by molar-refractivity contribution is -0.118. The third-order valence-electron chi connectivity index (χ3n) is 2.24. The third kappa shape index (κ3) is 2.91. The average molecular weight is 263 g/mol. The highest BCUT2D eigenvalue weighted by Gasteiger charge is 2.13. The minimum atomic E-state index is -0.601. The van der Waals surface area contributed by atoms with E-state index in [1.165, 1.54) is 17.3 Å². The molecule has 10 heteroatoms. The van der Waals surface area contributed by atoms with Gasteiger partial charge in [-0.25, -0.2) is 4.98 Å². The Labute approximate surface area is 108 Å². The smallest absolute Gasteiger partial charge is 0.258 e. The fourth-order valence-corrected chi connectivity index (χ4v) is 1.22. The first kappa shape index (κ1) is 12.7. The van der Waals surface area contributed by atoms with Crippen LogP contribution in [0.3, 0.4) is 0 Å². The van der Waals surface area contributed by atoms with E-state index in [2.05, 4.69) is 35.7 Å². The van der Waals surface area contributed by atoms with Crippen LogP contribution in [0.25, 0.3) is 5.95 Å².